The fourth-order valence-electron chi connectivity index (χ4n) is 2.74. The molecular formula is C13H16F3N5O2S. The van der Waals surface area contributed by atoms with Gasteiger partial charge in [-0.3, -0.25) is 4.68 Å². The first-order valence-electron chi connectivity index (χ1n) is 7.28. The molecule has 0 saturated heterocycles. The fourth-order valence-corrected chi connectivity index (χ4v) is 3.98. The lowest BCUT2D eigenvalue weighted by Gasteiger charge is -2.23. The summed E-state index contributed by atoms with van der Waals surface area (Å²) in [4.78, 5) is 3.61. The van der Waals surface area contributed by atoms with Gasteiger partial charge in [-0.25, -0.2) is 18.1 Å². The van der Waals surface area contributed by atoms with Crippen molar-refractivity contribution in [3.05, 3.63) is 30.0 Å². The molecule has 1 aliphatic heterocycles. The lowest BCUT2D eigenvalue weighted by atomic mass is 10.00. The van der Waals surface area contributed by atoms with Gasteiger partial charge in [0.05, 0.1) is 6.20 Å². The van der Waals surface area contributed by atoms with E-state index in [0.29, 0.717) is 25.2 Å². The Hall–Kier alpha value is -1.88. The van der Waals surface area contributed by atoms with Crippen molar-refractivity contribution < 1.29 is 21.6 Å². The molecule has 0 radical (unpaired) electrons. The summed E-state index contributed by atoms with van der Waals surface area (Å²) in [6.45, 7) is 0.443. The standard InChI is InChI=1S/C13H16F3N5O2S/c1-20-12(4-5-17-20)24(22,23)18-6-9-2-3-11-19-10(13(14,15)16)8-21(11)7-9/h4-5,8-9,18H,2-3,6-7H2,1H3/t9-/m0/s1. The largest absolute Gasteiger partial charge is 0.434 e. The van der Waals surface area contributed by atoms with Crippen molar-refractivity contribution in [1.29, 1.82) is 0 Å². The Kier molecular flexibility index (Phi) is 4.16. The van der Waals surface area contributed by atoms with Crippen LogP contribution in [0, 0.1) is 5.92 Å². The Bertz CT molecular complexity index is 840. The van der Waals surface area contributed by atoms with Gasteiger partial charge in [-0.05, 0) is 18.4 Å². The molecule has 0 aliphatic carbocycles. The number of halogens is 3. The Morgan fingerprint density at radius 2 is 2.17 bits per heavy atom. The van der Waals surface area contributed by atoms with Crippen molar-refractivity contribution in [2.75, 3.05) is 6.54 Å². The number of nitrogens with one attached hydrogen (secondary N) is 1. The third-order valence-corrected chi connectivity index (χ3v) is 5.49. The molecule has 2 aromatic rings. The quantitative estimate of drug-likeness (QED) is 0.884. The summed E-state index contributed by atoms with van der Waals surface area (Å²) >= 11 is 0. The van der Waals surface area contributed by atoms with Crippen LogP contribution in [0.3, 0.4) is 0 Å². The molecule has 1 atom stereocenters. The van der Waals surface area contributed by atoms with E-state index in [0.717, 1.165) is 6.20 Å². The van der Waals surface area contributed by atoms with Gasteiger partial charge in [0.25, 0.3) is 10.0 Å². The van der Waals surface area contributed by atoms with E-state index < -0.39 is 21.9 Å². The highest BCUT2D eigenvalue weighted by molar-refractivity contribution is 7.89. The molecule has 0 spiro atoms. The van der Waals surface area contributed by atoms with E-state index in [1.165, 1.54) is 28.6 Å². The first-order chi connectivity index (χ1) is 11.2. The summed E-state index contributed by atoms with van der Waals surface area (Å²) in [7, 11) is -2.18. The minimum atomic E-state index is -4.47. The second-order valence-electron chi connectivity index (χ2n) is 5.74. The van der Waals surface area contributed by atoms with Crippen LogP contribution in [0.4, 0.5) is 13.2 Å². The van der Waals surface area contributed by atoms with Crippen molar-refractivity contribution in [1.82, 2.24) is 24.1 Å². The zero-order valence-electron chi connectivity index (χ0n) is 12.8. The molecule has 1 aliphatic rings. The summed E-state index contributed by atoms with van der Waals surface area (Å²) in [5.41, 5.74) is -0.909. The van der Waals surface area contributed by atoms with Gasteiger partial charge in [-0.15, -0.1) is 0 Å². The predicted octanol–water partition coefficient (Wildman–Crippen LogP) is 1.18. The SMILES string of the molecule is Cn1nccc1S(=O)(=O)NC[C@@H]1CCc2nc(C(F)(F)F)cn2C1. The number of rotatable bonds is 4. The van der Waals surface area contributed by atoms with Crippen LogP contribution in [0.25, 0.3) is 0 Å². The molecule has 0 fully saturated rings. The zero-order valence-corrected chi connectivity index (χ0v) is 13.6. The van der Waals surface area contributed by atoms with E-state index in [1.54, 1.807) is 0 Å². The predicted molar refractivity (Wildman–Crippen MR) is 77.4 cm³/mol. The molecule has 11 heteroatoms. The number of aromatic nitrogens is 4. The third kappa shape index (κ3) is 3.31. The summed E-state index contributed by atoms with van der Waals surface area (Å²) < 4.78 is 67.7. The van der Waals surface area contributed by atoms with E-state index in [2.05, 4.69) is 14.8 Å². The molecule has 24 heavy (non-hydrogen) atoms. The monoisotopic (exact) mass is 363 g/mol. The number of hydrogen-bond acceptors (Lipinski definition) is 4. The molecule has 0 bridgehead atoms. The number of alkyl halides is 3. The molecule has 132 valence electrons. The topological polar surface area (TPSA) is 81.8 Å². The summed E-state index contributed by atoms with van der Waals surface area (Å²) in [5, 5.41) is 3.85. The van der Waals surface area contributed by atoms with Crippen LogP contribution in [0.5, 0.6) is 0 Å². The van der Waals surface area contributed by atoms with Crippen LogP contribution in [0.15, 0.2) is 23.5 Å². The molecule has 7 nitrogen and oxygen atoms in total. The maximum Gasteiger partial charge on any atom is 0.434 e. The average molecular weight is 363 g/mol. The molecule has 3 heterocycles. The van der Waals surface area contributed by atoms with E-state index in [-0.39, 0.29) is 17.5 Å². The molecule has 3 rings (SSSR count). The van der Waals surface area contributed by atoms with Gasteiger partial charge in [0, 0.05) is 32.8 Å². The second kappa shape index (κ2) is 5.88. The highest BCUT2D eigenvalue weighted by Crippen LogP contribution is 2.30. The lowest BCUT2D eigenvalue weighted by Crippen LogP contribution is -2.34. The number of aryl methyl sites for hydroxylation is 2. The average Bonchev–Trinajstić information content (AvgIpc) is 3.10. The first kappa shape index (κ1) is 17.0. The van der Waals surface area contributed by atoms with Crippen molar-refractivity contribution >= 4 is 10.0 Å². The summed E-state index contributed by atoms with van der Waals surface area (Å²) in [6.07, 6.45) is -1.15. The fraction of sp³-hybridized carbons (Fsp3) is 0.538. The van der Waals surface area contributed by atoms with Gasteiger partial charge in [-0.2, -0.15) is 18.3 Å². The van der Waals surface area contributed by atoms with Gasteiger partial charge in [-0.1, -0.05) is 0 Å². The van der Waals surface area contributed by atoms with Crippen LogP contribution in [0.2, 0.25) is 0 Å². The maximum absolute atomic E-state index is 12.7. The Morgan fingerprint density at radius 3 is 2.79 bits per heavy atom. The second-order valence-corrected chi connectivity index (χ2v) is 7.46. The number of fused-ring (bicyclic) bond motifs is 1. The Labute approximate surface area is 136 Å². The van der Waals surface area contributed by atoms with E-state index in [9.17, 15) is 21.6 Å². The Balaban J connectivity index is 1.66. The minimum absolute atomic E-state index is 0.0426. The van der Waals surface area contributed by atoms with Gasteiger partial charge in [0.1, 0.15) is 5.82 Å². The Morgan fingerprint density at radius 1 is 1.42 bits per heavy atom. The van der Waals surface area contributed by atoms with E-state index in [1.807, 2.05) is 0 Å². The third-order valence-electron chi connectivity index (χ3n) is 3.99. The molecular weight excluding hydrogens is 347 g/mol. The van der Waals surface area contributed by atoms with Gasteiger partial charge < -0.3 is 4.57 Å². The van der Waals surface area contributed by atoms with Gasteiger partial charge >= 0.3 is 6.18 Å². The molecule has 0 saturated carbocycles. The summed E-state index contributed by atoms with van der Waals surface area (Å²) in [5.74, 6) is 0.281. The van der Waals surface area contributed by atoms with Crippen molar-refractivity contribution in [2.45, 2.75) is 30.6 Å². The molecule has 1 N–H and O–H groups in total. The van der Waals surface area contributed by atoms with Crippen molar-refractivity contribution in [3.8, 4) is 0 Å². The van der Waals surface area contributed by atoms with Crippen LogP contribution in [-0.2, 0) is 36.2 Å². The smallest absolute Gasteiger partial charge is 0.334 e. The number of nitrogens with zero attached hydrogens (tertiary/aromatic N) is 4. The lowest BCUT2D eigenvalue weighted by molar-refractivity contribution is -0.141. The zero-order chi connectivity index (χ0) is 17.5. The van der Waals surface area contributed by atoms with Gasteiger partial charge in [0.15, 0.2) is 10.7 Å². The van der Waals surface area contributed by atoms with E-state index >= 15 is 0 Å². The van der Waals surface area contributed by atoms with Crippen molar-refractivity contribution in [3.63, 3.8) is 0 Å². The van der Waals surface area contributed by atoms with E-state index in [4.69, 9.17) is 0 Å². The maximum atomic E-state index is 12.7. The van der Waals surface area contributed by atoms with Gasteiger partial charge in [0.2, 0.25) is 0 Å². The van der Waals surface area contributed by atoms with Crippen LogP contribution < -0.4 is 4.72 Å². The molecule has 0 amide bonds. The molecule has 0 unspecified atom stereocenters. The van der Waals surface area contributed by atoms with Crippen LogP contribution in [-0.4, -0.2) is 34.3 Å². The van der Waals surface area contributed by atoms with Crippen LogP contribution in [0.1, 0.15) is 17.9 Å². The first-order valence-corrected chi connectivity index (χ1v) is 8.76. The summed E-state index contributed by atoms with van der Waals surface area (Å²) in [6, 6.07) is 1.38. The molecule has 0 aromatic carbocycles. The number of sulfonamides is 1. The number of hydrogen-bond donors (Lipinski definition) is 1. The normalized spacial score (nSPS) is 18.6. The highest BCUT2D eigenvalue weighted by Gasteiger charge is 2.35. The van der Waals surface area contributed by atoms with Crippen molar-refractivity contribution in [2.24, 2.45) is 13.0 Å². The number of imidazole rings is 1. The minimum Gasteiger partial charge on any atom is -0.334 e. The molecule has 2 aromatic heterocycles. The van der Waals surface area contributed by atoms with Crippen LogP contribution >= 0.6 is 0 Å². The highest BCUT2D eigenvalue weighted by atomic mass is 32.2.